The standard InChI is InChI=1S/C21H23N3O3S/c1-2-17-7-5-6-14-24(17)21(25)15-10-12-16(13-11-15)22-20-18-8-3-4-9-19(18)28(26,27)23-20/h3-4,8-13,17H,2,5-7,14H2,1H3,(H,22,23). The first-order valence-electron chi connectivity index (χ1n) is 9.62. The van der Waals surface area contributed by atoms with E-state index in [1.54, 1.807) is 48.5 Å². The van der Waals surface area contributed by atoms with E-state index < -0.39 is 10.0 Å². The maximum atomic E-state index is 12.9. The molecule has 1 amide bonds. The van der Waals surface area contributed by atoms with E-state index in [1.807, 2.05) is 4.90 Å². The fraction of sp³-hybridized carbons (Fsp3) is 0.333. The first kappa shape index (κ1) is 18.7. The van der Waals surface area contributed by atoms with E-state index in [0.717, 1.165) is 25.8 Å². The van der Waals surface area contributed by atoms with Crippen LogP contribution in [-0.2, 0) is 10.0 Å². The smallest absolute Gasteiger partial charge is 0.285 e. The van der Waals surface area contributed by atoms with Crippen molar-refractivity contribution in [3.05, 3.63) is 59.7 Å². The summed E-state index contributed by atoms with van der Waals surface area (Å²) in [6, 6.07) is 14.2. The summed E-state index contributed by atoms with van der Waals surface area (Å²) >= 11 is 0. The number of anilines is 1. The minimum atomic E-state index is -3.66. The van der Waals surface area contributed by atoms with E-state index in [9.17, 15) is 13.2 Å². The maximum absolute atomic E-state index is 12.9. The molecule has 0 saturated carbocycles. The van der Waals surface area contributed by atoms with Crippen molar-refractivity contribution in [2.45, 2.75) is 43.5 Å². The predicted octanol–water partition coefficient (Wildman–Crippen LogP) is 3.65. The van der Waals surface area contributed by atoms with Gasteiger partial charge in [0.2, 0.25) is 0 Å². The van der Waals surface area contributed by atoms with E-state index >= 15 is 0 Å². The molecule has 28 heavy (non-hydrogen) atoms. The van der Waals surface area contributed by atoms with E-state index in [2.05, 4.69) is 16.6 Å². The molecule has 1 atom stereocenters. The molecule has 2 aromatic rings. The Hall–Kier alpha value is -2.67. The third-order valence-corrected chi connectivity index (χ3v) is 6.72. The molecular weight excluding hydrogens is 374 g/mol. The molecule has 0 aliphatic carbocycles. The quantitative estimate of drug-likeness (QED) is 0.857. The molecule has 0 aromatic heterocycles. The van der Waals surface area contributed by atoms with Gasteiger partial charge in [-0.05, 0) is 62.1 Å². The highest BCUT2D eigenvalue weighted by atomic mass is 32.2. The third-order valence-electron chi connectivity index (χ3n) is 5.39. The Labute approximate surface area is 165 Å². The summed E-state index contributed by atoms with van der Waals surface area (Å²) in [5.74, 6) is 0.362. The topological polar surface area (TPSA) is 78.8 Å². The van der Waals surface area contributed by atoms with Crippen LogP contribution in [0.4, 0.5) is 5.69 Å². The fourth-order valence-electron chi connectivity index (χ4n) is 3.89. The maximum Gasteiger partial charge on any atom is 0.285 e. The summed E-state index contributed by atoms with van der Waals surface area (Å²) in [4.78, 5) is 15.1. The largest absolute Gasteiger partial charge is 0.339 e. The molecule has 2 aliphatic rings. The number of amides is 1. The third kappa shape index (κ3) is 3.42. The van der Waals surface area contributed by atoms with Gasteiger partial charge in [0, 0.05) is 29.4 Å². The lowest BCUT2D eigenvalue weighted by Crippen LogP contribution is -2.43. The second-order valence-electron chi connectivity index (χ2n) is 7.17. The molecule has 0 spiro atoms. The second-order valence-corrected chi connectivity index (χ2v) is 8.74. The van der Waals surface area contributed by atoms with Gasteiger partial charge in [0.1, 0.15) is 4.90 Å². The first-order valence-corrected chi connectivity index (χ1v) is 11.1. The van der Waals surface area contributed by atoms with Crippen molar-refractivity contribution in [2.24, 2.45) is 4.40 Å². The summed E-state index contributed by atoms with van der Waals surface area (Å²) in [5.41, 5.74) is 1.89. The number of likely N-dealkylation sites (tertiary alicyclic amines) is 1. The van der Waals surface area contributed by atoms with Gasteiger partial charge in [0.05, 0.1) is 0 Å². The Bertz CT molecular complexity index is 1030. The van der Waals surface area contributed by atoms with Crippen molar-refractivity contribution < 1.29 is 13.2 Å². The van der Waals surface area contributed by atoms with Crippen molar-refractivity contribution >= 4 is 27.5 Å². The summed E-state index contributed by atoms with van der Waals surface area (Å²) in [6.07, 6.45) is 4.27. The molecule has 0 radical (unpaired) electrons. The van der Waals surface area contributed by atoms with Gasteiger partial charge in [0.15, 0.2) is 5.84 Å². The van der Waals surface area contributed by atoms with Crippen LogP contribution >= 0.6 is 0 Å². The number of sulfonamides is 1. The zero-order valence-corrected chi connectivity index (χ0v) is 16.6. The normalized spacial score (nSPS) is 20.4. The SMILES string of the molecule is CCC1CCCCN1C(=O)c1ccc(NC2=NS(=O)(=O)c3ccccc32)cc1. The Morgan fingerprint density at radius 2 is 1.89 bits per heavy atom. The van der Waals surface area contributed by atoms with E-state index in [-0.39, 0.29) is 10.8 Å². The van der Waals surface area contributed by atoms with Crippen LogP contribution in [0.15, 0.2) is 57.8 Å². The van der Waals surface area contributed by atoms with Gasteiger partial charge in [-0.3, -0.25) is 4.79 Å². The Morgan fingerprint density at radius 1 is 1.14 bits per heavy atom. The van der Waals surface area contributed by atoms with Gasteiger partial charge < -0.3 is 10.2 Å². The van der Waals surface area contributed by atoms with Crippen LogP contribution in [0, 0.1) is 0 Å². The second kappa shape index (κ2) is 7.39. The minimum Gasteiger partial charge on any atom is -0.339 e. The molecular formula is C21H23N3O3S. The average molecular weight is 398 g/mol. The number of rotatable bonds is 3. The number of hydrogen-bond acceptors (Lipinski definition) is 4. The molecule has 7 heteroatoms. The lowest BCUT2D eigenvalue weighted by atomic mass is 9.99. The van der Waals surface area contributed by atoms with Gasteiger partial charge in [0.25, 0.3) is 15.9 Å². The molecule has 1 fully saturated rings. The molecule has 146 valence electrons. The zero-order valence-electron chi connectivity index (χ0n) is 15.8. The zero-order chi connectivity index (χ0) is 19.7. The van der Waals surface area contributed by atoms with Gasteiger partial charge in [-0.25, -0.2) is 0 Å². The van der Waals surface area contributed by atoms with Crippen LogP contribution in [0.1, 0.15) is 48.5 Å². The van der Waals surface area contributed by atoms with E-state index in [4.69, 9.17) is 0 Å². The lowest BCUT2D eigenvalue weighted by molar-refractivity contribution is 0.0608. The highest BCUT2D eigenvalue weighted by molar-refractivity contribution is 7.90. The lowest BCUT2D eigenvalue weighted by Gasteiger charge is -2.35. The predicted molar refractivity (Wildman–Crippen MR) is 109 cm³/mol. The van der Waals surface area contributed by atoms with Crippen LogP contribution < -0.4 is 5.32 Å². The number of hydrogen-bond donors (Lipinski definition) is 1. The monoisotopic (exact) mass is 397 g/mol. The van der Waals surface area contributed by atoms with Crippen LogP contribution in [0.2, 0.25) is 0 Å². The number of benzene rings is 2. The van der Waals surface area contributed by atoms with E-state index in [0.29, 0.717) is 28.7 Å². The molecule has 4 rings (SSSR count). The van der Waals surface area contributed by atoms with E-state index in [1.165, 1.54) is 6.42 Å². The number of nitrogens with zero attached hydrogens (tertiary/aromatic N) is 2. The molecule has 2 aliphatic heterocycles. The van der Waals surface area contributed by atoms with Crippen LogP contribution in [-0.4, -0.2) is 37.6 Å². The molecule has 2 heterocycles. The summed E-state index contributed by atoms with van der Waals surface area (Å²) in [5, 5.41) is 3.06. The molecule has 2 aromatic carbocycles. The molecule has 6 nitrogen and oxygen atoms in total. The highest BCUT2D eigenvalue weighted by Gasteiger charge is 2.29. The van der Waals surface area contributed by atoms with Crippen LogP contribution in [0.25, 0.3) is 0 Å². The minimum absolute atomic E-state index is 0.0595. The van der Waals surface area contributed by atoms with Gasteiger partial charge >= 0.3 is 0 Å². The number of nitrogens with one attached hydrogen (secondary N) is 1. The number of fused-ring (bicyclic) bond motifs is 1. The molecule has 0 bridgehead atoms. The summed E-state index contributed by atoms with van der Waals surface area (Å²) in [6.45, 7) is 2.93. The molecule has 1 saturated heterocycles. The Morgan fingerprint density at radius 3 is 2.64 bits per heavy atom. The number of amidine groups is 1. The fourth-order valence-corrected chi connectivity index (χ4v) is 5.06. The van der Waals surface area contributed by atoms with Crippen molar-refractivity contribution in [1.29, 1.82) is 0 Å². The van der Waals surface area contributed by atoms with Gasteiger partial charge in [-0.2, -0.15) is 8.42 Å². The number of carbonyl (C=O) groups is 1. The van der Waals surface area contributed by atoms with Gasteiger partial charge in [-0.15, -0.1) is 4.40 Å². The molecule has 1 unspecified atom stereocenters. The van der Waals surface area contributed by atoms with Gasteiger partial charge in [-0.1, -0.05) is 19.1 Å². The van der Waals surface area contributed by atoms with Crippen molar-refractivity contribution in [3.63, 3.8) is 0 Å². The van der Waals surface area contributed by atoms with Crippen LogP contribution in [0.5, 0.6) is 0 Å². The van der Waals surface area contributed by atoms with Crippen molar-refractivity contribution in [2.75, 3.05) is 11.9 Å². The Balaban J connectivity index is 1.52. The summed E-state index contributed by atoms with van der Waals surface area (Å²) < 4.78 is 28.1. The summed E-state index contributed by atoms with van der Waals surface area (Å²) in [7, 11) is -3.66. The molecule has 1 N–H and O–H groups in total. The number of carbonyl (C=O) groups excluding carboxylic acids is 1. The van der Waals surface area contributed by atoms with Crippen molar-refractivity contribution in [1.82, 2.24) is 4.90 Å². The number of piperidine rings is 1. The Kier molecular flexibility index (Phi) is 4.93. The average Bonchev–Trinajstić information content (AvgIpc) is 2.98. The van der Waals surface area contributed by atoms with Crippen LogP contribution in [0.3, 0.4) is 0 Å². The first-order chi connectivity index (χ1) is 13.5. The van der Waals surface area contributed by atoms with Crippen molar-refractivity contribution in [3.8, 4) is 0 Å². The highest BCUT2D eigenvalue weighted by Crippen LogP contribution is 2.27.